The fraction of sp³-hybridized carbons (Fsp3) is 0.467. The second-order valence-electron chi connectivity index (χ2n) is 4.22. The standard InChI is InChI=1S/C8H11NO.C7H11N3O/c1-2-5-8(10)9-6-3-4-7-9;1-6(8-2)7(9-3)4-10-5-11/h3-4,6-7H2,1H3;5H,2-4H2,1H3,(H,10,11)/b;7-6-. The topological polar surface area (TPSA) is 74.1 Å². The van der Waals surface area contributed by atoms with Gasteiger partial charge in [-0.1, -0.05) is 5.92 Å². The van der Waals surface area contributed by atoms with Gasteiger partial charge in [-0.05, 0) is 46.0 Å². The van der Waals surface area contributed by atoms with Gasteiger partial charge in [-0.25, -0.2) is 0 Å². The number of amides is 2. The SMILES string of the molecule is C=N/C(C)=C(/CNC=O)N=C.CC#CC(=O)N1CCCC1. The summed E-state index contributed by atoms with van der Waals surface area (Å²) in [5.41, 5.74) is 1.31. The number of rotatable bonds is 5. The molecule has 0 aromatic rings. The molecule has 1 rings (SSSR count). The molecule has 0 saturated carbocycles. The number of allylic oxidation sites excluding steroid dienone is 1. The highest BCUT2D eigenvalue weighted by Crippen LogP contribution is 2.06. The molecule has 0 radical (unpaired) electrons. The smallest absolute Gasteiger partial charge is 0.298 e. The van der Waals surface area contributed by atoms with E-state index in [0.29, 0.717) is 24.3 Å². The Kier molecular flexibility index (Phi) is 10.1. The first-order chi connectivity index (χ1) is 10.1. The van der Waals surface area contributed by atoms with Gasteiger partial charge in [-0.3, -0.25) is 19.6 Å². The van der Waals surface area contributed by atoms with Crippen LogP contribution in [0.15, 0.2) is 21.4 Å². The first-order valence-corrected chi connectivity index (χ1v) is 6.62. The number of nitrogens with zero attached hydrogens (tertiary/aromatic N) is 3. The van der Waals surface area contributed by atoms with E-state index in [0.717, 1.165) is 25.9 Å². The Morgan fingerprint density at radius 3 is 2.38 bits per heavy atom. The Labute approximate surface area is 126 Å². The molecule has 1 saturated heterocycles. The van der Waals surface area contributed by atoms with Crippen LogP contribution in [0.1, 0.15) is 26.7 Å². The molecule has 0 atom stereocenters. The third-order valence-corrected chi connectivity index (χ3v) is 2.82. The fourth-order valence-corrected chi connectivity index (χ4v) is 1.63. The number of carbonyl (C=O) groups excluding carboxylic acids is 2. The third kappa shape index (κ3) is 7.67. The zero-order valence-corrected chi connectivity index (χ0v) is 12.7. The van der Waals surface area contributed by atoms with Crippen LogP contribution in [0.5, 0.6) is 0 Å². The van der Waals surface area contributed by atoms with E-state index in [9.17, 15) is 9.59 Å². The van der Waals surface area contributed by atoms with Crippen LogP contribution in [0.2, 0.25) is 0 Å². The predicted molar refractivity (Wildman–Crippen MR) is 85.1 cm³/mol. The van der Waals surface area contributed by atoms with Crippen molar-refractivity contribution in [2.75, 3.05) is 19.6 Å². The monoisotopic (exact) mass is 290 g/mol. The maximum Gasteiger partial charge on any atom is 0.298 e. The summed E-state index contributed by atoms with van der Waals surface area (Å²) in [7, 11) is 0. The number of carbonyl (C=O) groups is 2. The summed E-state index contributed by atoms with van der Waals surface area (Å²) < 4.78 is 0. The lowest BCUT2D eigenvalue weighted by atomic mass is 10.3. The second-order valence-corrected chi connectivity index (χ2v) is 4.22. The number of aliphatic imine (C=N–C) groups is 2. The first kappa shape index (κ1) is 18.6. The first-order valence-electron chi connectivity index (χ1n) is 6.62. The van der Waals surface area contributed by atoms with Gasteiger partial charge in [0.05, 0.1) is 17.9 Å². The molecule has 21 heavy (non-hydrogen) atoms. The van der Waals surface area contributed by atoms with Crippen LogP contribution < -0.4 is 5.32 Å². The van der Waals surface area contributed by atoms with Gasteiger partial charge in [-0.2, -0.15) is 0 Å². The molecule has 1 aliphatic rings. The molecular weight excluding hydrogens is 268 g/mol. The van der Waals surface area contributed by atoms with Crippen molar-refractivity contribution >= 4 is 25.8 Å². The Bertz CT molecular complexity index is 466. The van der Waals surface area contributed by atoms with Gasteiger partial charge in [0.15, 0.2) is 0 Å². The molecule has 0 aromatic carbocycles. The highest BCUT2D eigenvalue weighted by Gasteiger charge is 2.14. The van der Waals surface area contributed by atoms with Crippen LogP contribution in [0, 0.1) is 11.8 Å². The maximum atomic E-state index is 11.0. The Balaban J connectivity index is 0.000000382. The van der Waals surface area contributed by atoms with E-state index in [2.05, 4.69) is 40.6 Å². The summed E-state index contributed by atoms with van der Waals surface area (Å²) in [5.74, 6) is 5.11. The van der Waals surface area contributed by atoms with E-state index >= 15 is 0 Å². The summed E-state index contributed by atoms with van der Waals surface area (Å²) in [6, 6.07) is 0. The molecule has 0 aliphatic carbocycles. The van der Waals surface area contributed by atoms with Gasteiger partial charge in [0.2, 0.25) is 6.41 Å². The minimum Gasteiger partial charge on any atom is -0.353 e. The Morgan fingerprint density at radius 1 is 1.33 bits per heavy atom. The minimum absolute atomic E-state index is 0.0139. The van der Waals surface area contributed by atoms with E-state index in [4.69, 9.17) is 0 Å². The van der Waals surface area contributed by atoms with E-state index in [1.54, 1.807) is 18.7 Å². The molecule has 0 spiro atoms. The Hall–Kier alpha value is -2.42. The molecule has 1 aliphatic heterocycles. The zero-order chi connectivity index (χ0) is 16.1. The van der Waals surface area contributed by atoms with Crippen molar-refractivity contribution in [3.63, 3.8) is 0 Å². The molecule has 0 aromatic heterocycles. The molecule has 6 nitrogen and oxygen atoms in total. The number of hydrogen-bond donors (Lipinski definition) is 1. The van der Waals surface area contributed by atoms with Crippen LogP contribution in [-0.2, 0) is 9.59 Å². The quantitative estimate of drug-likeness (QED) is 0.466. The van der Waals surface area contributed by atoms with Crippen LogP contribution in [0.4, 0.5) is 0 Å². The lowest BCUT2D eigenvalue weighted by Crippen LogP contribution is -2.25. The van der Waals surface area contributed by atoms with Gasteiger partial charge >= 0.3 is 0 Å². The summed E-state index contributed by atoms with van der Waals surface area (Å²) in [4.78, 5) is 30.0. The predicted octanol–water partition coefficient (Wildman–Crippen LogP) is 0.997. The fourth-order valence-electron chi connectivity index (χ4n) is 1.63. The highest BCUT2D eigenvalue weighted by molar-refractivity contribution is 5.93. The zero-order valence-electron chi connectivity index (χ0n) is 12.7. The average molecular weight is 290 g/mol. The largest absolute Gasteiger partial charge is 0.353 e. The van der Waals surface area contributed by atoms with E-state index in [1.165, 1.54) is 0 Å². The second kappa shape index (κ2) is 11.4. The molecule has 114 valence electrons. The van der Waals surface area contributed by atoms with Gasteiger partial charge in [0.1, 0.15) is 0 Å². The van der Waals surface area contributed by atoms with E-state index < -0.39 is 0 Å². The molecule has 0 bridgehead atoms. The third-order valence-electron chi connectivity index (χ3n) is 2.82. The summed E-state index contributed by atoms with van der Waals surface area (Å²) in [6.07, 6.45) is 2.87. The van der Waals surface area contributed by atoms with Crippen molar-refractivity contribution in [3.8, 4) is 11.8 Å². The average Bonchev–Trinajstić information content (AvgIpc) is 3.03. The van der Waals surface area contributed by atoms with Gasteiger partial charge in [-0.15, -0.1) is 0 Å². The van der Waals surface area contributed by atoms with Gasteiger partial charge < -0.3 is 10.2 Å². The van der Waals surface area contributed by atoms with Crippen molar-refractivity contribution in [3.05, 3.63) is 11.4 Å². The summed E-state index contributed by atoms with van der Waals surface area (Å²) in [5, 5.41) is 2.45. The number of hydrogen-bond acceptors (Lipinski definition) is 4. The summed E-state index contributed by atoms with van der Waals surface area (Å²) in [6.45, 7) is 12.2. The van der Waals surface area contributed by atoms with Crippen molar-refractivity contribution in [1.82, 2.24) is 10.2 Å². The van der Waals surface area contributed by atoms with Crippen LogP contribution in [0.25, 0.3) is 0 Å². The van der Waals surface area contributed by atoms with Crippen LogP contribution in [0.3, 0.4) is 0 Å². The minimum atomic E-state index is -0.0139. The van der Waals surface area contributed by atoms with Gasteiger partial charge in [0.25, 0.3) is 5.91 Å². The molecule has 1 N–H and O–H groups in total. The molecule has 1 fully saturated rings. The maximum absolute atomic E-state index is 11.0. The lowest BCUT2D eigenvalue weighted by molar-refractivity contribution is -0.124. The number of nitrogens with one attached hydrogen (secondary N) is 1. The van der Waals surface area contributed by atoms with Crippen LogP contribution >= 0.6 is 0 Å². The Morgan fingerprint density at radius 2 is 1.95 bits per heavy atom. The molecular formula is C15H22N4O2. The van der Waals surface area contributed by atoms with E-state index in [1.807, 2.05) is 0 Å². The molecule has 6 heteroatoms. The van der Waals surface area contributed by atoms with Crippen molar-refractivity contribution in [2.45, 2.75) is 26.7 Å². The summed E-state index contributed by atoms with van der Waals surface area (Å²) >= 11 is 0. The van der Waals surface area contributed by atoms with Crippen LogP contribution in [-0.4, -0.2) is 50.3 Å². The van der Waals surface area contributed by atoms with E-state index in [-0.39, 0.29) is 5.91 Å². The highest BCUT2D eigenvalue weighted by atomic mass is 16.2. The normalized spacial score (nSPS) is 13.7. The van der Waals surface area contributed by atoms with Crippen molar-refractivity contribution < 1.29 is 9.59 Å². The molecule has 0 unspecified atom stereocenters. The van der Waals surface area contributed by atoms with Crippen molar-refractivity contribution in [2.24, 2.45) is 9.98 Å². The molecule has 2 amide bonds. The van der Waals surface area contributed by atoms with Crippen molar-refractivity contribution in [1.29, 1.82) is 0 Å². The molecule has 1 heterocycles. The van der Waals surface area contributed by atoms with Gasteiger partial charge in [0, 0.05) is 13.1 Å². The lowest BCUT2D eigenvalue weighted by Gasteiger charge is -2.09. The number of likely N-dealkylation sites (tertiary alicyclic amines) is 1.